The molecule has 0 fully saturated rings. The van der Waals surface area contributed by atoms with Gasteiger partial charge < -0.3 is 9.66 Å². The Bertz CT molecular complexity index is 753. The summed E-state index contributed by atoms with van der Waals surface area (Å²) >= 11 is 0. The maximum Gasteiger partial charge on any atom is 0.286 e. The molecule has 0 aliphatic rings. The molecule has 3 N–H and O–H groups in total. The van der Waals surface area contributed by atoms with Crippen molar-refractivity contribution in [2.24, 2.45) is 0 Å². The van der Waals surface area contributed by atoms with Crippen LogP contribution in [0.2, 0.25) is 0 Å². The highest BCUT2D eigenvalue weighted by atomic mass is 32.2. The SMILES string of the molecule is CS(=O)(=O)[O-].N[n+]1c(C#CCO)ccc2ccccc21. The molecule has 0 saturated carbocycles. The van der Waals surface area contributed by atoms with Gasteiger partial charge in [-0.05, 0) is 12.1 Å². The van der Waals surface area contributed by atoms with Crippen LogP contribution in [0.4, 0.5) is 0 Å². The predicted octanol–water partition coefficient (Wildman–Crippen LogP) is -0.654. The first-order chi connectivity index (χ1) is 9.33. The topological polar surface area (TPSA) is 107 Å². The summed E-state index contributed by atoms with van der Waals surface area (Å²) in [6.07, 6.45) is 0.604. The number of aliphatic hydroxyl groups is 1. The van der Waals surface area contributed by atoms with E-state index in [9.17, 15) is 0 Å². The second-order valence-electron chi connectivity index (χ2n) is 3.81. The van der Waals surface area contributed by atoms with Gasteiger partial charge in [-0.25, -0.2) is 14.3 Å². The second-order valence-corrected chi connectivity index (χ2v) is 5.22. The summed E-state index contributed by atoms with van der Waals surface area (Å²) in [5.41, 5.74) is 1.60. The van der Waals surface area contributed by atoms with Gasteiger partial charge in [0.25, 0.3) is 5.69 Å². The van der Waals surface area contributed by atoms with Crippen molar-refractivity contribution in [2.75, 3.05) is 18.7 Å². The number of para-hydroxylation sites is 1. The number of benzene rings is 1. The first kappa shape index (κ1) is 15.9. The van der Waals surface area contributed by atoms with Crippen LogP contribution >= 0.6 is 0 Å². The third-order valence-electron chi connectivity index (χ3n) is 2.17. The molecule has 0 unspecified atom stereocenters. The van der Waals surface area contributed by atoms with Crippen LogP contribution in [0, 0.1) is 11.8 Å². The van der Waals surface area contributed by atoms with E-state index >= 15 is 0 Å². The lowest BCUT2D eigenvalue weighted by Crippen LogP contribution is -2.48. The van der Waals surface area contributed by atoms with Crippen LogP contribution in [0.15, 0.2) is 36.4 Å². The first-order valence-corrected chi connectivity index (χ1v) is 7.34. The van der Waals surface area contributed by atoms with Gasteiger partial charge in [0.1, 0.15) is 6.61 Å². The highest BCUT2D eigenvalue weighted by Gasteiger charge is 2.09. The highest BCUT2D eigenvalue weighted by molar-refractivity contribution is 7.84. The van der Waals surface area contributed by atoms with E-state index in [1.807, 2.05) is 36.4 Å². The molecule has 0 saturated heterocycles. The minimum absolute atomic E-state index is 0.160. The molecule has 1 aromatic carbocycles. The molecule has 7 heteroatoms. The van der Waals surface area contributed by atoms with Crippen molar-refractivity contribution in [2.45, 2.75) is 0 Å². The van der Waals surface area contributed by atoms with Crippen molar-refractivity contribution in [3.63, 3.8) is 0 Å². The van der Waals surface area contributed by atoms with E-state index in [1.54, 1.807) is 0 Å². The van der Waals surface area contributed by atoms with E-state index in [-0.39, 0.29) is 6.61 Å². The van der Waals surface area contributed by atoms with Gasteiger partial charge >= 0.3 is 0 Å². The summed E-state index contributed by atoms with van der Waals surface area (Å²) in [4.78, 5) is 0. The molecule has 0 atom stereocenters. The fraction of sp³-hybridized carbons (Fsp3) is 0.154. The van der Waals surface area contributed by atoms with Crippen molar-refractivity contribution in [3.05, 3.63) is 42.1 Å². The van der Waals surface area contributed by atoms with Crippen LogP contribution in [0.1, 0.15) is 5.69 Å². The van der Waals surface area contributed by atoms with Gasteiger partial charge in [0.05, 0.1) is 10.1 Å². The Morgan fingerprint density at radius 3 is 2.50 bits per heavy atom. The molecule has 20 heavy (non-hydrogen) atoms. The molecular formula is C13H14N2O4S. The Kier molecular flexibility index (Phi) is 5.46. The molecule has 0 amide bonds. The molecule has 1 heterocycles. The Hall–Kier alpha value is -2.14. The van der Waals surface area contributed by atoms with Gasteiger partial charge in [-0.2, -0.15) is 0 Å². The van der Waals surface area contributed by atoms with Crippen molar-refractivity contribution in [1.82, 2.24) is 0 Å². The largest absolute Gasteiger partial charge is 0.748 e. The van der Waals surface area contributed by atoms with Gasteiger partial charge in [-0.3, -0.25) is 0 Å². The Balaban J connectivity index is 0.000000347. The third-order valence-corrected chi connectivity index (χ3v) is 2.17. The summed E-state index contributed by atoms with van der Waals surface area (Å²) in [7, 11) is -3.92. The van der Waals surface area contributed by atoms with Crippen LogP contribution in [0.5, 0.6) is 0 Å². The minimum atomic E-state index is -3.92. The lowest BCUT2D eigenvalue weighted by atomic mass is 10.2. The average Bonchev–Trinajstić information content (AvgIpc) is 2.36. The zero-order valence-corrected chi connectivity index (χ0v) is 11.6. The molecule has 6 nitrogen and oxygen atoms in total. The summed E-state index contributed by atoms with van der Waals surface area (Å²) in [5, 5.41) is 9.67. The first-order valence-electron chi connectivity index (χ1n) is 5.52. The van der Waals surface area contributed by atoms with Crippen molar-refractivity contribution < 1.29 is 22.8 Å². The maximum absolute atomic E-state index is 9.08. The molecular weight excluding hydrogens is 280 g/mol. The molecule has 0 spiro atoms. The maximum atomic E-state index is 9.08. The van der Waals surface area contributed by atoms with Gasteiger partial charge in [0, 0.05) is 29.7 Å². The fourth-order valence-electron chi connectivity index (χ4n) is 1.46. The number of fused-ring (bicyclic) bond motifs is 1. The van der Waals surface area contributed by atoms with Gasteiger partial charge in [-0.1, -0.05) is 22.7 Å². The van der Waals surface area contributed by atoms with Crippen LogP contribution in [-0.2, 0) is 10.1 Å². The molecule has 106 valence electrons. The molecule has 1 aromatic heterocycles. The monoisotopic (exact) mass is 294 g/mol. The Labute approximate surface area is 117 Å². The van der Waals surface area contributed by atoms with Crippen molar-refractivity contribution >= 4 is 21.0 Å². The number of hydrogen-bond donors (Lipinski definition) is 2. The summed E-state index contributed by atoms with van der Waals surface area (Å²) < 4.78 is 28.8. The number of rotatable bonds is 0. The average molecular weight is 294 g/mol. The van der Waals surface area contributed by atoms with E-state index in [0.717, 1.165) is 10.9 Å². The zero-order valence-electron chi connectivity index (χ0n) is 10.8. The smallest absolute Gasteiger partial charge is 0.286 e. The molecule has 0 aliphatic heterocycles. The number of nitrogen functional groups attached to an aromatic ring is 1. The summed E-state index contributed by atoms with van der Waals surface area (Å²) in [6.45, 7) is -0.160. The summed E-state index contributed by atoms with van der Waals surface area (Å²) in [6, 6.07) is 11.6. The molecule has 2 rings (SSSR count). The molecule has 0 radical (unpaired) electrons. The lowest BCUT2D eigenvalue weighted by molar-refractivity contribution is -0.614. The lowest BCUT2D eigenvalue weighted by Gasteiger charge is -1.96. The van der Waals surface area contributed by atoms with Crippen LogP contribution in [0.25, 0.3) is 10.9 Å². The molecule has 0 bridgehead atoms. The highest BCUT2D eigenvalue weighted by Crippen LogP contribution is 2.08. The Morgan fingerprint density at radius 2 is 1.90 bits per heavy atom. The van der Waals surface area contributed by atoms with Gasteiger partial charge in [0.15, 0.2) is 0 Å². The molecule has 0 aliphatic carbocycles. The quantitative estimate of drug-likeness (QED) is 0.290. The second kappa shape index (κ2) is 6.86. The number of aromatic nitrogens is 1. The number of aliphatic hydroxyl groups excluding tert-OH is 1. The number of nitrogens with zero attached hydrogens (tertiary/aromatic N) is 1. The van der Waals surface area contributed by atoms with Crippen molar-refractivity contribution in [3.8, 4) is 11.8 Å². The van der Waals surface area contributed by atoms with E-state index in [0.29, 0.717) is 11.9 Å². The van der Waals surface area contributed by atoms with Crippen LogP contribution in [0.3, 0.4) is 0 Å². The van der Waals surface area contributed by atoms with Crippen LogP contribution < -0.4 is 10.5 Å². The normalized spacial score (nSPS) is 10.2. The summed E-state index contributed by atoms with van der Waals surface area (Å²) in [5.74, 6) is 11.3. The third kappa shape index (κ3) is 5.24. The molecule has 2 aromatic rings. The Morgan fingerprint density at radius 1 is 1.30 bits per heavy atom. The van der Waals surface area contributed by atoms with E-state index in [1.165, 1.54) is 4.68 Å². The fourth-order valence-corrected chi connectivity index (χ4v) is 1.46. The van der Waals surface area contributed by atoms with E-state index in [4.69, 9.17) is 23.9 Å². The van der Waals surface area contributed by atoms with Crippen LogP contribution in [-0.4, -0.2) is 30.9 Å². The van der Waals surface area contributed by atoms with Crippen molar-refractivity contribution in [1.29, 1.82) is 0 Å². The number of pyridine rings is 1. The van der Waals surface area contributed by atoms with Gasteiger partial charge in [-0.15, -0.1) is 0 Å². The number of nitrogens with two attached hydrogens (primary N) is 1. The predicted molar refractivity (Wildman–Crippen MR) is 73.9 cm³/mol. The minimum Gasteiger partial charge on any atom is -0.748 e. The number of hydrogen-bond acceptors (Lipinski definition) is 5. The zero-order chi connectivity index (χ0) is 15.2. The van der Waals surface area contributed by atoms with E-state index < -0.39 is 10.1 Å². The van der Waals surface area contributed by atoms with Gasteiger partial charge in [0.2, 0.25) is 5.52 Å². The standard InChI is InChI=1S/C12H11N2O.CH4O3S/c13-14-11(5-3-9-15)8-7-10-4-1-2-6-12(10)14;1-5(2,3)4/h1-2,4,6-8,15H,9,13H2;1H3,(H,2,3,4)/q+1;/p-1. The van der Waals surface area contributed by atoms with E-state index in [2.05, 4.69) is 11.8 Å².